The molecule has 130 valence electrons. The number of halogens is 2. The lowest BCUT2D eigenvalue weighted by molar-refractivity contribution is 0.416. The average Bonchev–Trinajstić information content (AvgIpc) is 3.29. The number of hydrogen-bond donors (Lipinski definition) is 2. The highest BCUT2D eigenvalue weighted by molar-refractivity contribution is 6.31. The van der Waals surface area contributed by atoms with Gasteiger partial charge in [0.05, 0.1) is 17.0 Å². The summed E-state index contributed by atoms with van der Waals surface area (Å²) in [6.45, 7) is 0. The number of rotatable bonds is 4. The SMILES string of the molecule is Nc1nc(Nc2cccc(Cl)c2F)nc(-c2noc(-c3ccco3)n2)n1. The lowest BCUT2D eigenvalue weighted by Gasteiger charge is -2.07. The number of nitrogens with zero attached hydrogens (tertiary/aromatic N) is 5. The van der Waals surface area contributed by atoms with Crippen LogP contribution in [0.25, 0.3) is 23.3 Å². The fourth-order valence-electron chi connectivity index (χ4n) is 2.08. The van der Waals surface area contributed by atoms with Crippen molar-refractivity contribution in [2.45, 2.75) is 0 Å². The molecule has 9 nitrogen and oxygen atoms in total. The third-order valence-corrected chi connectivity index (χ3v) is 3.50. The minimum atomic E-state index is -0.644. The predicted molar refractivity (Wildman–Crippen MR) is 89.9 cm³/mol. The van der Waals surface area contributed by atoms with Crippen LogP contribution in [-0.2, 0) is 0 Å². The number of furan rings is 1. The minimum Gasteiger partial charge on any atom is -0.459 e. The Morgan fingerprint density at radius 2 is 1.92 bits per heavy atom. The highest BCUT2D eigenvalue weighted by atomic mass is 35.5. The second-order valence-corrected chi connectivity index (χ2v) is 5.37. The van der Waals surface area contributed by atoms with Crippen molar-refractivity contribution in [2.75, 3.05) is 11.1 Å². The summed E-state index contributed by atoms with van der Waals surface area (Å²) in [5.41, 5.74) is 5.77. The molecule has 0 unspecified atom stereocenters. The van der Waals surface area contributed by atoms with E-state index in [1.54, 1.807) is 18.2 Å². The van der Waals surface area contributed by atoms with Gasteiger partial charge in [-0.25, -0.2) is 4.39 Å². The molecule has 3 N–H and O–H groups in total. The van der Waals surface area contributed by atoms with Crippen molar-refractivity contribution in [1.29, 1.82) is 0 Å². The van der Waals surface area contributed by atoms with E-state index in [9.17, 15) is 4.39 Å². The van der Waals surface area contributed by atoms with Crippen LogP contribution in [0.2, 0.25) is 5.02 Å². The number of benzene rings is 1. The monoisotopic (exact) mass is 373 g/mol. The second-order valence-electron chi connectivity index (χ2n) is 4.97. The van der Waals surface area contributed by atoms with Gasteiger partial charge in [0.15, 0.2) is 11.6 Å². The number of nitrogen functional groups attached to an aromatic ring is 1. The maximum absolute atomic E-state index is 14.0. The standard InChI is InChI=1S/C15H9ClFN7O2/c16-7-3-1-4-8(10(7)17)19-15-22-11(21-14(18)23-15)12-20-13(26-24-12)9-5-2-6-25-9/h1-6H,(H3,18,19,21,22,23). The minimum absolute atomic E-state index is 0.00184. The molecule has 0 bridgehead atoms. The maximum atomic E-state index is 14.0. The quantitative estimate of drug-likeness (QED) is 0.553. The van der Waals surface area contributed by atoms with Gasteiger partial charge in [0, 0.05) is 0 Å². The number of nitrogens with two attached hydrogens (primary N) is 1. The Morgan fingerprint density at radius 3 is 2.73 bits per heavy atom. The van der Waals surface area contributed by atoms with Crippen LogP contribution in [-0.4, -0.2) is 25.1 Å². The average molecular weight is 374 g/mol. The van der Waals surface area contributed by atoms with Crippen molar-refractivity contribution in [3.63, 3.8) is 0 Å². The predicted octanol–water partition coefficient (Wildman–Crippen LogP) is 3.30. The van der Waals surface area contributed by atoms with Crippen molar-refractivity contribution in [3.8, 4) is 23.3 Å². The van der Waals surface area contributed by atoms with E-state index in [2.05, 4.69) is 30.4 Å². The number of anilines is 3. The summed E-state index contributed by atoms with van der Waals surface area (Å²) in [6.07, 6.45) is 1.47. The van der Waals surface area contributed by atoms with Gasteiger partial charge in [-0.3, -0.25) is 0 Å². The zero-order valence-corrected chi connectivity index (χ0v) is 13.6. The van der Waals surface area contributed by atoms with Gasteiger partial charge in [0.25, 0.3) is 5.89 Å². The van der Waals surface area contributed by atoms with E-state index >= 15 is 0 Å². The van der Waals surface area contributed by atoms with Crippen LogP contribution in [0.1, 0.15) is 0 Å². The van der Waals surface area contributed by atoms with Crippen molar-refractivity contribution < 1.29 is 13.3 Å². The van der Waals surface area contributed by atoms with E-state index in [-0.39, 0.29) is 40.1 Å². The van der Waals surface area contributed by atoms with E-state index in [1.807, 2.05) is 0 Å². The fourth-order valence-corrected chi connectivity index (χ4v) is 2.26. The summed E-state index contributed by atoms with van der Waals surface area (Å²) in [4.78, 5) is 16.1. The highest BCUT2D eigenvalue weighted by Crippen LogP contribution is 2.25. The molecular formula is C15H9ClFN7O2. The number of nitrogens with one attached hydrogen (secondary N) is 1. The summed E-state index contributed by atoms with van der Waals surface area (Å²) in [7, 11) is 0. The summed E-state index contributed by atoms with van der Waals surface area (Å²) in [6, 6.07) is 7.82. The van der Waals surface area contributed by atoms with Crippen LogP contribution in [0.15, 0.2) is 45.5 Å². The molecular weight excluding hydrogens is 365 g/mol. The summed E-state index contributed by atoms with van der Waals surface area (Å²) < 4.78 is 24.3. The zero-order valence-electron chi connectivity index (χ0n) is 12.8. The van der Waals surface area contributed by atoms with Crippen LogP contribution < -0.4 is 11.1 Å². The van der Waals surface area contributed by atoms with Crippen LogP contribution in [0.3, 0.4) is 0 Å². The third-order valence-electron chi connectivity index (χ3n) is 3.21. The Labute approximate surface area is 150 Å². The van der Waals surface area contributed by atoms with Gasteiger partial charge < -0.3 is 20.0 Å². The Kier molecular flexibility index (Phi) is 3.93. The summed E-state index contributed by atoms with van der Waals surface area (Å²) in [5.74, 6) is -0.0923. The van der Waals surface area contributed by atoms with E-state index < -0.39 is 5.82 Å². The Morgan fingerprint density at radius 1 is 1.04 bits per heavy atom. The third kappa shape index (κ3) is 3.05. The lowest BCUT2D eigenvalue weighted by Crippen LogP contribution is -2.06. The zero-order chi connectivity index (χ0) is 18.1. The first kappa shape index (κ1) is 16.0. The van der Waals surface area contributed by atoms with Crippen molar-refractivity contribution in [1.82, 2.24) is 25.1 Å². The summed E-state index contributed by atoms with van der Waals surface area (Å²) in [5, 5.41) is 6.43. The topological polar surface area (TPSA) is 129 Å². The summed E-state index contributed by atoms with van der Waals surface area (Å²) >= 11 is 5.76. The molecule has 0 radical (unpaired) electrons. The molecule has 26 heavy (non-hydrogen) atoms. The van der Waals surface area contributed by atoms with E-state index in [0.29, 0.717) is 5.76 Å². The molecule has 0 fully saturated rings. The highest BCUT2D eigenvalue weighted by Gasteiger charge is 2.17. The first-order chi connectivity index (χ1) is 12.6. The molecule has 0 saturated carbocycles. The molecule has 1 aromatic carbocycles. The lowest BCUT2D eigenvalue weighted by atomic mass is 10.3. The molecule has 0 aliphatic carbocycles. The molecule has 0 amide bonds. The Bertz CT molecular complexity index is 1070. The molecule has 0 aliphatic heterocycles. The fraction of sp³-hybridized carbons (Fsp3) is 0. The molecule has 0 aliphatic rings. The Balaban J connectivity index is 1.67. The van der Waals surface area contributed by atoms with Gasteiger partial charge >= 0.3 is 0 Å². The largest absolute Gasteiger partial charge is 0.459 e. The van der Waals surface area contributed by atoms with Crippen molar-refractivity contribution in [2.24, 2.45) is 0 Å². The van der Waals surface area contributed by atoms with Gasteiger partial charge in [-0.2, -0.15) is 19.9 Å². The smallest absolute Gasteiger partial charge is 0.294 e. The molecule has 0 saturated heterocycles. The number of aromatic nitrogens is 5. The molecule has 3 heterocycles. The maximum Gasteiger partial charge on any atom is 0.294 e. The van der Waals surface area contributed by atoms with Crippen molar-refractivity contribution in [3.05, 3.63) is 47.4 Å². The second kappa shape index (κ2) is 6.41. The van der Waals surface area contributed by atoms with Crippen LogP contribution >= 0.6 is 11.6 Å². The van der Waals surface area contributed by atoms with Crippen LogP contribution in [0.5, 0.6) is 0 Å². The molecule has 4 aromatic rings. The van der Waals surface area contributed by atoms with Crippen molar-refractivity contribution >= 4 is 29.2 Å². The number of hydrogen-bond acceptors (Lipinski definition) is 9. The van der Waals surface area contributed by atoms with Gasteiger partial charge in [0.2, 0.25) is 23.5 Å². The molecule has 11 heteroatoms. The van der Waals surface area contributed by atoms with Crippen LogP contribution in [0.4, 0.5) is 22.0 Å². The van der Waals surface area contributed by atoms with E-state index in [4.69, 9.17) is 26.3 Å². The van der Waals surface area contributed by atoms with Gasteiger partial charge in [0.1, 0.15) is 0 Å². The van der Waals surface area contributed by atoms with Gasteiger partial charge in [-0.05, 0) is 24.3 Å². The van der Waals surface area contributed by atoms with Gasteiger partial charge in [-0.1, -0.05) is 22.8 Å². The first-order valence-electron chi connectivity index (χ1n) is 7.20. The van der Waals surface area contributed by atoms with E-state index in [0.717, 1.165) is 0 Å². The molecule has 0 spiro atoms. The first-order valence-corrected chi connectivity index (χ1v) is 7.58. The van der Waals surface area contributed by atoms with Gasteiger partial charge in [-0.15, -0.1) is 0 Å². The van der Waals surface area contributed by atoms with E-state index in [1.165, 1.54) is 18.4 Å². The molecule has 0 atom stereocenters. The molecule has 3 aromatic heterocycles. The Hall–Kier alpha value is -3.53. The normalized spacial score (nSPS) is 10.8. The van der Waals surface area contributed by atoms with Crippen LogP contribution in [0, 0.1) is 5.82 Å². The molecule has 4 rings (SSSR count).